The second kappa shape index (κ2) is 8.00. The summed E-state index contributed by atoms with van der Waals surface area (Å²) in [6, 6.07) is 10.3. The first-order chi connectivity index (χ1) is 12.1. The van der Waals surface area contributed by atoms with Crippen molar-refractivity contribution in [2.75, 3.05) is 18.0 Å². The van der Waals surface area contributed by atoms with Crippen LogP contribution in [0.4, 0.5) is 14.5 Å². The molecule has 25 heavy (non-hydrogen) atoms. The van der Waals surface area contributed by atoms with Crippen LogP contribution in [-0.4, -0.2) is 31.7 Å². The van der Waals surface area contributed by atoms with Crippen molar-refractivity contribution < 1.29 is 22.7 Å². The number of hydrogen-bond donors (Lipinski definition) is 1. The number of alkyl halides is 2. The first kappa shape index (κ1) is 17.3. The summed E-state index contributed by atoms with van der Waals surface area (Å²) in [6.07, 6.45) is 3.26. The highest BCUT2D eigenvalue weighted by atomic mass is 19.3. The monoisotopic (exact) mass is 350 g/mol. The van der Waals surface area contributed by atoms with Crippen LogP contribution in [0.1, 0.15) is 18.6 Å². The summed E-state index contributed by atoms with van der Waals surface area (Å²) < 4.78 is 34.9. The molecule has 134 valence electrons. The quantitative estimate of drug-likeness (QED) is 0.833. The van der Waals surface area contributed by atoms with Crippen LogP contribution in [0.2, 0.25) is 0 Å². The number of rotatable bonds is 7. The number of carbonyl (C=O) groups is 1. The van der Waals surface area contributed by atoms with E-state index in [-0.39, 0.29) is 17.7 Å². The zero-order valence-electron chi connectivity index (χ0n) is 13.7. The van der Waals surface area contributed by atoms with Crippen molar-refractivity contribution in [1.29, 1.82) is 0 Å². The molecule has 1 atom stereocenters. The van der Waals surface area contributed by atoms with Gasteiger partial charge in [0.25, 0.3) is 0 Å². The highest BCUT2D eigenvalue weighted by Gasteiger charge is 2.26. The Morgan fingerprint density at radius 2 is 2.16 bits per heavy atom. The van der Waals surface area contributed by atoms with Crippen LogP contribution in [0.25, 0.3) is 0 Å². The maximum atomic E-state index is 12.5. The lowest BCUT2D eigenvalue weighted by atomic mass is 10.2. The molecule has 2 heterocycles. The van der Waals surface area contributed by atoms with Gasteiger partial charge in [0.1, 0.15) is 11.5 Å². The fourth-order valence-corrected chi connectivity index (χ4v) is 3.00. The molecule has 0 spiro atoms. The van der Waals surface area contributed by atoms with Crippen molar-refractivity contribution in [1.82, 2.24) is 5.32 Å². The molecule has 1 amide bonds. The molecule has 1 saturated heterocycles. The van der Waals surface area contributed by atoms with Gasteiger partial charge in [0.15, 0.2) is 0 Å². The first-order valence-corrected chi connectivity index (χ1v) is 8.22. The van der Waals surface area contributed by atoms with Gasteiger partial charge in [-0.15, -0.1) is 0 Å². The molecule has 1 aromatic heterocycles. The average molecular weight is 350 g/mol. The normalized spacial score (nSPS) is 17.1. The number of halogens is 2. The van der Waals surface area contributed by atoms with Gasteiger partial charge in [0.05, 0.1) is 12.0 Å². The van der Waals surface area contributed by atoms with Crippen molar-refractivity contribution in [3.63, 3.8) is 0 Å². The molecular formula is C18H20F2N2O3. The molecule has 1 unspecified atom stereocenters. The molecule has 0 saturated carbocycles. The van der Waals surface area contributed by atoms with Gasteiger partial charge in [-0.25, -0.2) is 0 Å². The van der Waals surface area contributed by atoms with Gasteiger partial charge in [0.2, 0.25) is 5.91 Å². The van der Waals surface area contributed by atoms with E-state index in [1.165, 1.54) is 6.07 Å². The van der Waals surface area contributed by atoms with E-state index >= 15 is 0 Å². The van der Waals surface area contributed by atoms with Gasteiger partial charge in [0, 0.05) is 32.0 Å². The minimum atomic E-state index is -2.86. The Labute approximate surface area is 144 Å². The second-order valence-electron chi connectivity index (χ2n) is 5.92. The van der Waals surface area contributed by atoms with Crippen molar-refractivity contribution in [2.24, 2.45) is 0 Å². The smallest absolute Gasteiger partial charge is 0.387 e. The van der Waals surface area contributed by atoms with Crippen LogP contribution in [0.15, 0.2) is 47.1 Å². The lowest BCUT2D eigenvalue weighted by molar-refractivity contribution is -0.121. The summed E-state index contributed by atoms with van der Waals surface area (Å²) in [7, 11) is 0. The first-order valence-electron chi connectivity index (χ1n) is 8.22. The molecule has 2 aromatic rings. The zero-order chi connectivity index (χ0) is 17.6. The lowest BCUT2D eigenvalue weighted by Gasteiger charge is -2.22. The number of hydrogen-bond acceptors (Lipinski definition) is 4. The molecule has 1 aliphatic rings. The topological polar surface area (TPSA) is 54.7 Å². The summed E-state index contributed by atoms with van der Waals surface area (Å²) in [6.45, 7) is -1.62. The fourth-order valence-electron chi connectivity index (χ4n) is 3.00. The minimum absolute atomic E-state index is 0.0105. The Morgan fingerprint density at radius 3 is 2.92 bits per heavy atom. The van der Waals surface area contributed by atoms with Crippen LogP contribution in [0.3, 0.4) is 0 Å². The zero-order valence-corrected chi connectivity index (χ0v) is 13.7. The number of amides is 1. The molecule has 0 aliphatic carbocycles. The van der Waals surface area contributed by atoms with Crippen LogP contribution in [0, 0.1) is 0 Å². The highest BCUT2D eigenvalue weighted by molar-refractivity contribution is 5.76. The van der Waals surface area contributed by atoms with Crippen molar-refractivity contribution in [3.8, 4) is 5.75 Å². The summed E-state index contributed by atoms with van der Waals surface area (Å²) >= 11 is 0. The number of furan rings is 1. The lowest BCUT2D eigenvalue weighted by Crippen LogP contribution is -2.37. The predicted octanol–water partition coefficient (Wildman–Crippen LogP) is 3.21. The Morgan fingerprint density at radius 1 is 1.32 bits per heavy atom. The van der Waals surface area contributed by atoms with E-state index in [1.54, 1.807) is 30.5 Å². The number of carbonyl (C=O) groups excluding carboxylic acids is 1. The number of nitrogens with zero attached hydrogens (tertiary/aromatic N) is 1. The highest BCUT2D eigenvalue weighted by Crippen LogP contribution is 2.31. The van der Waals surface area contributed by atoms with E-state index in [0.29, 0.717) is 31.6 Å². The third kappa shape index (κ3) is 4.71. The number of aryl methyl sites for hydroxylation is 1. The van der Waals surface area contributed by atoms with E-state index in [9.17, 15) is 13.6 Å². The SMILES string of the molecule is O=C(CCc1ccco1)NC1CCN(c2ccccc2OC(F)F)C1. The molecule has 1 N–H and O–H groups in total. The Balaban J connectivity index is 1.52. The Hall–Kier alpha value is -2.57. The summed E-state index contributed by atoms with van der Waals surface area (Å²) in [4.78, 5) is 14.0. The number of nitrogens with one attached hydrogen (secondary N) is 1. The Kier molecular flexibility index (Phi) is 5.53. The summed E-state index contributed by atoms with van der Waals surface area (Å²) in [5.41, 5.74) is 0.620. The molecule has 7 heteroatoms. The number of benzene rings is 1. The number of ether oxygens (including phenoxy) is 1. The Bertz CT molecular complexity index is 691. The molecule has 0 radical (unpaired) electrons. The van der Waals surface area contributed by atoms with Crippen molar-refractivity contribution >= 4 is 11.6 Å². The molecule has 1 aromatic carbocycles. The molecule has 1 fully saturated rings. The maximum absolute atomic E-state index is 12.5. The van der Waals surface area contributed by atoms with E-state index in [0.717, 1.165) is 12.2 Å². The number of anilines is 1. The molecule has 1 aliphatic heterocycles. The number of para-hydroxylation sites is 2. The van der Waals surface area contributed by atoms with E-state index in [2.05, 4.69) is 10.1 Å². The van der Waals surface area contributed by atoms with Gasteiger partial charge in [-0.05, 0) is 30.7 Å². The van der Waals surface area contributed by atoms with Gasteiger partial charge in [-0.2, -0.15) is 8.78 Å². The summed E-state index contributed by atoms with van der Waals surface area (Å²) in [5.74, 6) is 0.893. The van der Waals surface area contributed by atoms with E-state index in [4.69, 9.17) is 4.42 Å². The van der Waals surface area contributed by atoms with Gasteiger partial charge in [-0.1, -0.05) is 12.1 Å². The maximum Gasteiger partial charge on any atom is 0.387 e. The standard InChI is InChI=1S/C18H20F2N2O3/c19-18(20)25-16-6-2-1-5-15(16)22-10-9-13(12-22)21-17(23)8-7-14-4-3-11-24-14/h1-6,11,13,18H,7-10,12H2,(H,21,23). The fraction of sp³-hybridized carbons (Fsp3) is 0.389. The molecule has 5 nitrogen and oxygen atoms in total. The predicted molar refractivity (Wildman–Crippen MR) is 88.9 cm³/mol. The van der Waals surface area contributed by atoms with Crippen LogP contribution >= 0.6 is 0 Å². The average Bonchev–Trinajstić information content (AvgIpc) is 3.24. The van der Waals surface area contributed by atoms with Gasteiger partial charge >= 0.3 is 6.61 Å². The largest absolute Gasteiger partial charge is 0.469 e. The minimum Gasteiger partial charge on any atom is -0.469 e. The molecule has 3 rings (SSSR count). The van der Waals surface area contributed by atoms with Gasteiger partial charge in [-0.3, -0.25) is 4.79 Å². The van der Waals surface area contributed by atoms with Crippen LogP contribution in [0.5, 0.6) is 5.75 Å². The summed E-state index contributed by atoms with van der Waals surface area (Å²) in [5, 5.41) is 2.99. The second-order valence-corrected chi connectivity index (χ2v) is 5.92. The molecule has 0 bridgehead atoms. The third-order valence-corrected chi connectivity index (χ3v) is 4.15. The molecular weight excluding hydrogens is 330 g/mol. The van der Waals surface area contributed by atoms with Crippen molar-refractivity contribution in [3.05, 3.63) is 48.4 Å². The van der Waals surface area contributed by atoms with Crippen molar-refractivity contribution in [2.45, 2.75) is 31.9 Å². The van der Waals surface area contributed by atoms with E-state index in [1.807, 2.05) is 11.0 Å². The third-order valence-electron chi connectivity index (χ3n) is 4.15. The van der Waals surface area contributed by atoms with Crippen LogP contribution in [-0.2, 0) is 11.2 Å². The van der Waals surface area contributed by atoms with Crippen LogP contribution < -0.4 is 15.0 Å². The van der Waals surface area contributed by atoms with E-state index < -0.39 is 6.61 Å². The van der Waals surface area contributed by atoms with Gasteiger partial charge < -0.3 is 19.4 Å².